The Morgan fingerprint density at radius 1 is 0.889 bits per heavy atom. The van der Waals surface area contributed by atoms with E-state index in [4.69, 9.17) is 0 Å². The fourth-order valence-electron chi connectivity index (χ4n) is 2.33. The maximum absolute atomic E-state index is 9.86. The number of alkyl halides is 1. The van der Waals surface area contributed by atoms with Gasteiger partial charge in [-0.2, -0.15) is 0 Å². The topological polar surface area (TPSA) is 20.2 Å². The molecule has 0 heterocycles. The van der Waals surface area contributed by atoms with E-state index in [0.29, 0.717) is 5.33 Å². The lowest BCUT2D eigenvalue weighted by atomic mass is 9.99. The summed E-state index contributed by atoms with van der Waals surface area (Å²) >= 11 is 3.31. The fourth-order valence-corrected chi connectivity index (χ4v) is 2.70. The van der Waals surface area contributed by atoms with Crippen LogP contribution >= 0.6 is 15.9 Å². The van der Waals surface area contributed by atoms with Crippen molar-refractivity contribution in [2.24, 2.45) is 0 Å². The maximum Gasteiger partial charge on any atom is 0.0887 e. The van der Waals surface area contributed by atoms with E-state index in [2.05, 4.69) is 64.5 Å². The molecule has 1 nitrogen and oxygen atoms in total. The Morgan fingerprint density at radius 3 is 2.44 bits per heavy atom. The molecule has 0 amide bonds. The van der Waals surface area contributed by atoms with E-state index in [0.717, 1.165) is 5.56 Å². The number of aliphatic hydroxyl groups excluding tert-OH is 1. The molecule has 1 atom stereocenters. The Kier molecular flexibility index (Phi) is 3.06. The van der Waals surface area contributed by atoms with E-state index in [1.807, 2.05) is 6.07 Å². The highest BCUT2D eigenvalue weighted by molar-refractivity contribution is 9.09. The summed E-state index contributed by atoms with van der Waals surface area (Å²) in [6, 6.07) is 18.8. The first-order chi connectivity index (χ1) is 8.79. The van der Waals surface area contributed by atoms with Crippen LogP contribution in [0.1, 0.15) is 11.7 Å². The second-order valence-corrected chi connectivity index (χ2v) is 5.08. The molecule has 3 aromatic carbocycles. The molecule has 0 saturated carbocycles. The average molecular weight is 301 g/mol. The van der Waals surface area contributed by atoms with Gasteiger partial charge in [0.15, 0.2) is 0 Å². The SMILES string of the molecule is O[C@H](CBr)c1ccc2c(ccc3ccccc32)c1. The van der Waals surface area contributed by atoms with Gasteiger partial charge in [-0.25, -0.2) is 0 Å². The van der Waals surface area contributed by atoms with Crippen LogP contribution in [0.3, 0.4) is 0 Å². The Balaban J connectivity index is 2.28. The third-order valence-electron chi connectivity index (χ3n) is 3.30. The molecule has 3 rings (SSSR count). The van der Waals surface area contributed by atoms with Crippen molar-refractivity contribution in [1.29, 1.82) is 0 Å². The molecule has 1 N–H and O–H groups in total. The van der Waals surface area contributed by atoms with Crippen LogP contribution in [0.4, 0.5) is 0 Å². The van der Waals surface area contributed by atoms with Crippen molar-refractivity contribution < 1.29 is 5.11 Å². The smallest absolute Gasteiger partial charge is 0.0887 e. The molecule has 0 aromatic heterocycles. The van der Waals surface area contributed by atoms with Crippen LogP contribution in [0.5, 0.6) is 0 Å². The van der Waals surface area contributed by atoms with Crippen LogP contribution in [0, 0.1) is 0 Å². The number of fused-ring (bicyclic) bond motifs is 3. The molecule has 0 unspecified atom stereocenters. The number of hydrogen-bond acceptors (Lipinski definition) is 1. The summed E-state index contributed by atoms with van der Waals surface area (Å²) in [6.45, 7) is 0. The Labute approximate surface area is 114 Å². The van der Waals surface area contributed by atoms with Crippen molar-refractivity contribution >= 4 is 37.5 Å². The molecule has 0 radical (unpaired) electrons. The predicted octanol–water partition coefficient (Wildman–Crippen LogP) is 4.42. The number of halogens is 1. The number of hydrogen-bond donors (Lipinski definition) is 1. The second-order valence-electron chi connectivity index (χ2n) is 4.44. The van der Waals surface area contributed by atoms with Crippen molar-refractivity contribution in [2.45, 2.75) is 6.10 Å². The van der Waals surface area contributed by atoms with Gasteiger partial charge in [-0.05, 0) is 33.2 Å². The standard InChI is InChI=1S/C16H13BrO/c17-10-16(18)13-7-8-15-12(9-13)6-5-11-3-1-2-4-14(11)15/h1-9,16,18H,10H2/t16-/m1/s1. The minimum atomic E-state index is -0.444. The highest BCUT2D eigenvalue weighted by Crippen LogP contribution is 2.28. The summed E-state index contributed by atoms with van der Waals surface area (Å²) in [4.78, 5) is 0. The van der Waals surface area contributed by atoms with Crippen molar-refractivity contribution in [3.8, 4) is 0 Å². The largest absolute Gasteiger partial charge is 0.388 e. The zero-order valence-corrected chi connectivity index (χ0v) is 11.4. The number of rotatable bonds is 2. The van der Waals surface area contributed by atoms with Gasteiger partial charge >= 0.3 is 0 Å². The number of benzene rings is 3. The summed E-state index contributed by atoms with van der Waals surface area (Å²) in [7, 11) is 0. The van der Waals surface area contributed by atoms with E-state index < -0.39 is 6.10 Å². The lowest BCUT2D eigenvalue weighted by molar-refractivity contribution is 0.205. The highest BCUT2D eigenvalue weighted by Gasteiger charge is 2.07. The lowest BCUT2D eigenvalue weighted by Gasteiger charge is -2.10. The van der Waals surface area contributed by atoms with Gasteiger partial charge in [-0.1, -0.05) is 64.5 Å². The minimum absolute atomic E-state index is 0.444. The van der Waals surface area contributed by atoms with Crippen LogP contribution in [-0.4, -0.2) is 10.4 Å². The predicted molar refractivity (Wildman–Crippen MR) is 80.2 cm³/mol. The third-order valence-corrected chi connectivity index (χ3v) is 3.91. The summed E-state index contributed by atoms with van der Waals surface area (Å²) < 4.78 is 0. The van der Waals surface area contributed by atoms with Crippen molar-refractivity contribution in [3.63, 3.8) is 0 Å². The molecule has 0 fully saturated rings. The molecular formula is C16H13BrO. The Bertz CT molecular complexity index is 706. The van der Waals surface area contributed by atoms with Crippen molar-refractivity contribution in [1.82, 2.24) is 0 Å². The van der Waals surface area contributed by atoms with Gasteiger partial charge < -0.3 is 5.11 Å². The van der Waals surface area contributed by atoms with E-state index in [1.54, 1.807) is 0 Å². The Hall–Kier alpha value is -1.38. The molecule has 0 aliphatic carbocycles. The van der Waals surface area contributed by atoms with Gasteiger partial charge in [0, 0.05) is 5.33 Å². The van der Waals surface area contributed by atoms with Gasteiger partial charge in [-0.3, -0.25) is 0 Å². The van der Waals surface area contributed by atoms with Crippen LogP contribution in [-0.2, 0) is 0 Å². The molecule has 0 bridgehead atoms. The van der Waals surface area contributed by atoms with E-state index in [9.17, 15) is 5.11 Å². The minimum Gasteiger partial charge on any atom is -0.388 e. The molecule has 2 heteroatoms. The van der Waals surface area contributed by atoms with E-state index in [1.165, 1.54) is 21.5 Å². The van der Waals surface area contributed by atoms with Gasteiger partial charge in [-0.15, -0.1) is 0 Å². The van der Waals surface area contributed by atoms with Gasteiger partial charge in [0.25, 0.3) is 0 Å². The first-order valence-electron chi connectivity index (χ1n) is 5.95. The highest BCUT2D eigenvalue weighted by atomic mass is 79.9. The molecule has 0 spiro atoms. The van der Waals surface area contributed by atoms with Gasteiger partial charge in [0.1, 0.15) is 0 Å². The second kappa shape index (κ2) is 4.71. The lowest BCUT2D eigenvalue weighted by Crippen LogP contribution is -1.97. The molecular weight excluding hydrogens is 288 g/mol. The first-order valence-corrected chi connectivity index (χ1v) is 7.07. The van der Waals surface area contributed by atoms with Crippen LogP contribution in [0.25, 0.3) is 21.5 Å². The first kappa shape index (κ1) is 11.7. The fraction of sp³-hybridized carbons (Fsp3) is 0.125. The maximum atomic E-state index is 9.86. The molecule has 3 aromatic rings. The van der Waals surface area contributed by atoms with E-state index >= 15 is 0 Å². The normalized spacial score (nSPS) is 13.0. The summed E-state index contributed by atoms with van der Waals surface area (Å²) in [5, 5.41) is 15.3. The Morgan fingerprint density at radius 2 is 1.61 bits per heavy atom. The average Bonchev–Trinajstić information content (AvgIpc) is 2.45. The molecule has 90 valence electrons. The zero-order valence-electron chi connectivity index (χ0n) is 9.81. The summed E-state index contributed by atoms with van der Waals surface area (Å²) in [5.41, 5.74) is 0.953. The molecule has 0 aliphatic rings. The summed E-state index contributed by atoms with van der Waals surface area (Å²) in [5.74, 6) is 0. The molecule has 0 saturated heterocycles. The van der Waals surface area contributed by atoms with Crippen LogP contribution in [0.2, 0.25) is 0 Å². The van der Waals surface area contributed by atoms with Crippen LogP contribution < -0.4 is 0 Å². The monoisotopic (exact) mass is 300 g/mol. The quantitative estimate of drug-likeness (QED) is 0.548. The van der Waals surface area contributed by atoms with Crippen molar-refractivity contribution in [3.05, 3.63) is 60.2 Å². The van der Waals surface area contributed by atoms with E-state index in [-0.39, 0.29) is 0 Å². The summed E-state index contributed by atoms with van der Waals surface area (Å²) in [6.07, 6.45) is -0.444. The zero-order chi connectivity index (χ0) is 12.5. The molecule has 18 heavy (non-hydrogen) atoms. The van der Waals surface area contributed by atoms with Crippen molar-refractivity contribution in [2.75, 3.05) is 5.33 Å². The van der Waals surface area contributed by atoms with Gasteiger partial charge in [0.2, 0.25) is 0 Å². The van der Waals surface area contributed by atoms with Gasteiger partial charge in [0.05, 0.1) is 6.10 Å². The number of aliphatic hydroxyl groups is 1. The third kappa shape index (κ3) is 1.92. The molecule has 0 aliphatic heterocycles. The van der Waals surface area contributed by atoms with Crippen LogP contribution in [0.15, 0.2) is 54.6 Å².